The summed E-state index contributed by atoms with van der Waals surface area (Å²) in [7, 11) is 0. The minimum atomic E-state index is -0.158. The Morgan fingerprint density at radius 1 is 1.25 bits per heavy atom. The van der Waals surface area contributed by atoms with E-state index in [-0.39, 0.29) is 34.6 Å². The smallest absolute Gasteiger partial charge is 0.867 e. The topological polar surface area (TPSA) is 23.1 Å². The zero-order chi connectivity index (χ0) is 8.10. The van der Waals surface area contributed by atoms with Crippen molar-refractivity contribution in [2.24, 2.45) is 0 Å². The molecule has 0 N–H and O–H groups in total. The van der Waals surface area contributed by atoms with Crippen LogP contribution in [0.1, 0.15) is 12.0 Å². The first-order valence-electron chi connectivity index (χ1n) is 3.53. The van der Waals surface area contributed by atoms with Gasteiger partial charge in [0.1, 0.15) is 0 Å². The summed E-state index contributed by atoms with van der Waals surface area (Å²) in [6.07, 6.45) is 1.24. The van der Waals surface area contributed by atoms with Crippen LogP contribution in [-0.4, -0.2) is 5.05 Å². The molecule has 0 bridgehead atoms. The minimum absolute atomic E-state index is 0. The van der Waals surface area contributed by atoms with E-state index in [1.165, 1.54) is 5.56 Å². The molecule has 0 saturated heterocycles. The Bertz CT molecular complexity index is 236. The van der Waals surface area contributed by atoms with E-state index in [1.54, 1.807) is 0 Å². The molecule has 1 rings (SSSR count). The van der Waals surface area contributed by atoms with Gasteiger partial charge in [-0.3, -0.25) is 0 Å². The predicted molar refractivity (Wildman–Crippen MR) is 47.4 cm³/mol. The molecule has 0 unspecified atom stereocenters. The van der Waals surface area contributed by atoms with Gasteiger partial charge in [-0.25, -0.2) is 0 Å². The van der Waals surface area contributed by atoms with E-state index in [4.69, 9.17) is 0 Å². The van der Waals surface area contributed by atoms with E-state index in [1.807, 2.05) is 30.3 Å². The van der Waals surface area contributed by atoms with Crippen LogP contribution in [0.4, 0.5) is 0 Å². The van der Waals surface area contributed by atoms with Crippen molar-refractivity contribution in [1.29, 1.82) is 0 Å². The Kier molecular flexibility index (Phi) is 6.67. The third-order valence-electron chi connectivity index (χ3n) is 1.46. The predicted octanol–water partition coefficient (Wildman–Crippen LogP) is -1.69. The van der Waals surface area contributed by atoms with Gasteiger partial charge in [-0.1, -0.05) is 35.4 Å². The first kappa shape index (κ1) is 12.1. The van der Waals surface area contributed by atoms with E-state index in [0.29, 0.717) is 6.42 Å². The maximum atomic E-state index is 10.4. The average molecular weight is 188 g/mol. The molecule has 58 valence electrons. The maximum absolute atomic E-state index is 10.4. The maximum Gasteiger partial charge on any atom is 1.00 e. The number of thiocarbonyl (C=S) groups is 1. The van der Waals surface area contributed by atoms with Crippen LogP contribution in [0.25, 0.3) is 0 Å². The first-order valence-corrected chi connectivity index (χ1v) is 3.93. The molecule has 3 heteroatoms. The van der Waals surface area contributed by atoms with Crippen molar-refractivity contribution in [2.75, 3.05) is 0 Å². The van der Waals surface area contributed by atoms with Crippen LogP contribution >= 0.6 is 12.2 Å². The van der Waals surface area contributed by atoms with Crippen molar-refractivity contribution in [3.63, 3.8) is 0 Å². The minimum Gasteiger partial charge on any atom is -0.867 e. The van der Waals surface area contributed by atoms with E-state index in [2.05, 4.69) is 12.2 Å². The van der Waals surface area contributed by atoms with Crippen LogP contribution in [0.2, 0.25) is 0 Å². The van der Waals surface area contributed by atoms with Gasteiger partial charge in [0.05, 0.1) is 0 Å². The number of rotatable bonds is 3. The zero-order valence-electron chi connectivity index (χ0n) is 7.12. The van der Waals surface area contributed by atoms with E-state index in [9.17, 15) is 5.11 Å². The van der Waals surface area contributed by atoms with E-state index >= 15 is 0 Å². The normalized spacial score (nSPS) is 8.67. The Morgan fingerprint density at radius 2 is 1.83 bits per heavy atom. The molecule has 0 heterocycles. The van der Waals surface area contributed by atoms with Gasteiger partial charge < -0.3 is 5.11 Å². The van der Waals surface area contributed by atoms with Crippen LogP contribution < -0.4 is 34.7 Å². The largest absolute Gasteiger partial charge is 1.00 e. The van der Waals surface area contributed by atoms with Gasteiger partial charge in [-0.15, -0.1) is 12.2 Å². The molecular weight excluding hydrogens is 179 g/mol. The molecule has 1 nitrogen and oxygen atoms in total. The fourth-order valence-electron chi connectivity index (χ4n) is 0.891. The van der Waals surface area contributed by atoms with Crippen LogP contribution in [0.3, 0.4) is 0 Å². The summed E-state index contributed by atoms with van der Waals surface area (Å²) in [6, 6.07) is 9.88. The SMILES string of the molecule is [Na+].[O-]C(=S)CCc1ccccc1. The molecule has 0 fully saturated rings. The molecule has 0 aliphatic heterocycles. The number of hydrogen-bond donors (Lipinski definition) is 0. The van der Waals surface area contributed by atoms with Crippen molar-refractivity contribution in [1.82, 2.24) is 0 Å². The number of aryl methyl sites for hydroxylation is 1. The van der Waals surface area contributed by atoms with Gasteiger partial charge in [0.25, 0.3) is 0 Å². The molecule has 0 spiro atoms. The number of hydrogen-bond acceptors (Lipinski definition) is 2. The third-order valence-corrected chi connectivity index (χ3v) is 1.66. The van der Waals surface area contributed by atoms with Crippen molar-refractivity contribution < 1.29 is 34.7 Å². The zero-order valence-corrected chi connectivity index (χ0v) is 9.93. The quantitative estimate of drug-likeness (QED) is 0.417. The summed E-state index contributed by atoms with van der Waals surface area (Å²) in [5.74, 6) is 0. The van der Waals surface area contributed by atoms with E-state index < -0.39 is 0 Å². The first-order chi connectivity index (χ1) is 5.29. The fraction of sp³-hybridized carbons (Fsp3) is 0.222. The van der Waals surface area contributed by atoms with Crippen LogP contribution in [0, 0.1) is 0 Å². The average Bonchev–Trinajstić information content (AvgIpc) is 2.03. The van der Waals surface area contributed by atoms with Crippen LogP contribution in [0.5, 0.6) is 0 Å². The molecule has 0 aromatic heterocycles. The van der Waals surface area contributed by atoms with Crippen molar-refractivity contribution in [3.05, 3.63) is 35.9 Å². The van der Waals surface area contributed by atoms with Crippen molar-refractivity contribution >= 4 is 17.3 Å². The van der Waals surface area contributed by atoms with Gasteiger partial charge in [0.15, 0.2) is 0 Å². The molecule has 1 aromatic carbocycles. The summed E-state index contributed by atoms with van der Waals surface area (Å²) >= 11 is 4.44. The summed E-state index contributed by atoms with van der Waals surface area (Å²) in [5.41, 5.74) is 1.17. The second kappa shape index (κ2) is 6.61. The Labute approximate surface area is 100 Å². The van der Waals surface area contributed by atoms with Gasteiger partial charge in [0, 0.05) is 0 Å². The summed E-state index contributed by atoms with van der Waals surface area (Å²) < 4.78 is 0. The van der Waals surface area contributed by atoms with Crippen molar-refractivity contribution in [3.8, 4) is 0 Å². The van der Waals surface area contributed by atoms with Gasteiger partial charge in [-0.2, -0.15) is 0 Å². The summed E-state index contributed by atoms with van der Waals surface area (Å²) in [4.78, 5) is 0. The molecule has 0 amide bonds. The number of benzene rings is 1. The molecular formula is C9H9NaOS. The summed E-state index contributed by atoms with van der Waals surface area (Å²) in [6.45, 7) is 0. The third kappa shape index (κ3) is 4.88. The molecule has 0 aliphatic carbocycles. The second-order valence-electron chi connectivity index (χ2n) is 2.36. The van der Waals surface area contributed by atoms with E-state index in [0.717, 1.165) is 6.42 Å². The molecule has 1 aromatic rings. The van der Waals surface area contributed by atoms with Crippen LogP contribution in [-0.2, 0) is 6.42 Å². The molecule has 0 atom stereocenters. The standard InChI is InChI=1S/C9H10OS.Na/c10-9(11)7-6-8-4-2-1-3-5-8;/h1-5H,6-7H2,(H,10,11);/q;+1/p-1. The van der Waals surface area contributed by atoms with Gasteiger partial charge >= 0.3 is 29.6 Å². The molecule has 0 saturated carbocycles. The Balaban J connectivity index is 0.00000121. The Morgan fingerprint density at radius 3 is 2.33 bits per heavy atom. The second-order valence-corrected chi connectivity index (χ2v) is 2.81. The summed E-state index contributed by atoms with van der Waals surface area (Å²) in [5, 5.41) is 10.3. The van der Waals surface area contributed by atoms with Gasteiger partial charge in [-0.05, 0) is 18.4 Å². The van der Waals surface area contributed by atoms with Gasteiger partial charge in [0.2, 0.25) is 0 Å². The monoisotopic (exact) mass is 188 g/mol. The Hall–Kier alpha value is 0.110. The molecule has 12 heavy (non-hydrogen) atoms. The van der Waals surface area contributed by atoms with Crippen molar-refractivity contribution in [2.45, 2.75) is 12.8 Å². The van der Waals surface area contributed by atoms with Crippen LogP contribution in [0.15, 0.2) is 30.3 Å². The fourth-order valence-corrected chi connectivity index (χ4v) is 0.993. The molecule has 0 aliphatic rings. The molecule has 0 radical (unpaired) electrons.